The molecule has 1 aromatic rings. The van der Waals surface area contributed by atoms with Gasteiger partial charge in [0.25, 0.3) is 0 Å². The Morgan fingerprint density at radius 2 is 2.04 bits per heavy atom. The summed E-state index contributed by atoms with van der Waals surface area (Å²) in [5.41, 5.74) is 1.69. The third-order valence-corrected chi connectivity index (χ3v) is 4.76. The number of carbonyl (C=O) groups is 3. The summed E-state index contributed by atoms with van der Waals surface area (Å²) in [7, 11) is 1.32. The third kappa shape index (κ3) is 5.49. The fourth-order valence-corrected chi connectivity index (χ4v) is 3.24. The largest absolute Gasteiger partial charge is 0.467 e. The van der Waals surface area contributed by atoms with Crippen molar-refractivity contribution in [2.24, 2.45) is 0 Å². The first-order valence-electron chi connectivity index (χ1n) is 8.30. The fourth-order valence-electron chi connectivity index (χ4n) is 2.77. The Kier molecular flexibility index (Phi) is 7.31. The molecular weight excluding hydrogens is 340 g/mol. The van der Waals surface area contributed by atoms with Crippen LogP contribution < -0.4 is 10.2 Å². The first-order chi connectivity index (χ1) is 12.0. The highest BCUT2D eigenvalue weighted by Crippen LogP contribution is 2.21. The van der Waals surface area contributed by atoms with Crippen LogP contribution in [0.5, 0.6) is 0 Å². The van der Waals surface area contributed by atoms with Gasteiger partial charge in [-0.2, -0.15) is 11.8 Å². The SMILES string of the molecule is COC(=O)[C@H](CCSC)NC(=O)Cc1ccc(N2CCCC2=O)cc1. The van der Waals surface area contributed by atoms with Crippen LogP contribution in [0.4, 0.5) is 5.69 Å². The number of benzene rings is 1. The predicted octanol–water partition coefficient (Wildman–Crippen LogP) is 1.77. The van der Waals surface area contributed by atoms with E-state index in [-0.39, 0.29) is 18.2 Å². The maximum atomic E-state index is 12.2. The Balaban J connectivity index is 1.92. The second kappa shape index (κ2) is 9.46. The van der Waals surface area contributed by atoms with Gasteiger partial charge in [0, 0.05) is 18.7 Å². The van der Waals surface area contributed by atoms with Gasteiger partial charge in [-0.15, -0.1) is 0 Å². The monoisotopic (exact) mass is 364 g/mol. The number of ether oxygens (including phenoxy) is 1. The first-order valence-corrected chi connectivity index (χ1v) is 9.70. The molecule has 0 aromatic heterocycles. The number of amides is 2. The van der Waals surface area contributed by atoms with Crippen molar-refractivity contribution in [1.29, 1.82) is 0 Å². The van der Waals surface area contributed by atoms with Crippen LogP contribution in [-0.4, -0.2) is 49.5 Å². The molecule has 1 aliphatic rings. The van der Waals surface area contributed by atoms with Crippen LogP contribution in [0.25, 0.3) is 0 Å². The maximum Gasteiger partial charge on any atom is 0.328 e. The number of nitrogens with zero attached hydrogens (tertiary/aromatic N) is 1. The Morgan fingerprint density at radius 3 is 2.60 bits per heavy atom. The van der Waals surface area contributed by atoms with Gasteiger partial charge in [0.2, 0.25) is 11.8 Å². The van der Waals surface area contributed by atoms with Crippen LogP contribution in [0.1, 0.15) is 24.8 Å². The highest BCUT2D eigenvalue weighted by Gasteiger charge is 2.22. The number of nitrogens with one attached hydrogen (secondary N) is 1. The highest BCUT2D eigenvalue weighted by molar-refractivity contribution is 7.98. The van der Waals surface area contributed by atoms with Gasteiger partial charge in [0.05, 0.1) is 13.5 Å². The number of methoxy groups -OCH3 is 1. The van der Waals surface area contributed by atoms with Gasteiger partial charge in [-0.25, -0.2) is 4.79 Å². The van der Waals surface area contributed by atoms with E-state index in [9.17, 15) is 14.4 Å². The molecule has 6 nitrogen and oxygen atoms in total. The van der Waals surface area contributed by atoms with Crippen molar-refractivity contribution >= 4 is 35.2 Å². The molecule has 0 saturated carbocycles. The van der Waals surface area contributed by atoms with E-state index in [4.69, 9.17) is 4.74 Å². The van der Waals surface area contributed by atoms with Gasteiger partial charge < -0.3 is 15.0 Å². The number of rotatable bonds is 8. The summed E-state index contributed by atoms with van der Waals surface area (Å²) in [5, 5.41) is 2.74. The van der Waals surface area contributed by atoms with Crippen LogP contribution in [-0.2, 0) is 25.5 Å². The van der Waals surface area contributed by atoms with Crippen molar-refractivity contribution in [3.05, 3.63) is 29.8 Å². The minimum Gasteiger partial charge on any atom is -0.467 e. The third-order valence-electron chi connectivity index (χ3n) is 4.12. The molecule has 2 amide bonds. The number of carbonyl (C=O) groups excluding carboxylic acids is 3. The van der Waals surface area contributed by atoms with Gasteiger partial charge in [-0.3, -0.25) is 9.59 Å². The molecule has 136 valence electrons. The highest BCUT2D eigenvalue weighted by atomic mass is 32.2. The summed E-state index contributed by atoms with van der Waals surface area (Å²) in [4.78, 5) is 37.5. The van der Waals surface area contributed by atoms with Crippen molar-refractivity contribution in [3.8, 4) is 0 Å². The van der Waals surface area contributed by atoms with Gasteiger partial charge in [-0.05, 0) is 42.5 Å². The summed E-state index contributed by atoms with van der Waals surface area (Å²) in [6, 6.07) is 6.78. The van der Waals surface area contributed by atoms with E-state index in [2.05, 4.69) is 5.32 Å². The van der Waals surface area contributed by atoms with Crippen molar-refractivity contribution in [2.45, 2.75) is 31.7 Å². The standard InChI is InChI=1S/C18H24N2O4S/c1-24-18(23)15(9-11-25-2)19-16(21)12-13-5-7-14(8-6-13)20-10-3-4-17(20)22/h5-8,15H,3-4,9-12H2,1-2H3,(H,19,21)/t15-/m0/s1. The molecule has 2 rings (SSSR count). The molecule has 25 heavy (non-hydrogen) atoms. The quantitative estimate of drug-likeness (QED) is 0.712. The number of hydrogen-bond acceptors (Lipinski definition) is 5. The Bertz CT molecular complexity index is 618. The van der Waals surface area contributed by atoms with Gasteiger partial charge in [0.15, 0.2) is 0 Å². The molecule has 1 saturated heterocycles. The molecule has 1 heterocycles. The molecule has 0 aliphatic carbocycles. The van der Waals surface area contributed by atoms with E-state index in [1.54, 1.807) is 16.7 Å². The number of thioether (sulfide) groups is 1. The molecule has 1 N–H and O–H groups in total. The zero-order chi connectivity index (χ0) is 18.2. The van der Waals surface area contributed by atoms with E-state index < -0.39 is 12.0 Å². The maximum absolute atomic E-state index is 12.2. The van der Waals surface area contributed by atoms with E-state index >= 15 is 0 Å². The summed E-state index contributed by atoms with van der Waals surface area (Å²) in [5.74, 6) is 0.255. The van der Waals surface area contributed by atoms with Crippen molar-refractivity contribution in [3.63, 3.8) is 0 Å². The Hall–Kier alpha value is -2.02. The first kappa shape index (κ1) is 19.3. The van der Waals surface area contributed by atoms with Crippen molar-refractivity contribution < 1.29 is 19.1 Å². The second-order valence-corrected chi connectivity index (χ2v) is 6.90. The van der Waals surface area contributed by atoms with E-state index in [1.807, 2.05) is 30.5 Å². The second-order valence-electron chi connectivity index (χ2n) is 5.92. The lowest BCUT2D eigenvalue weighted by Crippen LogP contribution is -2.42. The van der Waals surface area contributed by atoms with E-state index in [0.717, 1.165) is 30.0 Å². The van der Waals surface area contributed by atoms with Crippen molar-refractivity contribution in [1.82, 2.24) is 5.32 Å². The minimum absolute atomic E-state index is 0.139. The summed E-state index contributed by atoms with van der Waals surface area (Å²) >= 11 is 1.61. The van der Waals surface area contributed by atoms with E-state index in [1.165, 1.54) is 7.11 Å². The Labute approximate surface area is 152 Å². The molecule has 7 heteroatoms. The normalized spacial score (nSPS) is 15.1. The smallest absolute Gasteiger partial charge is 0.328 e. The van der Waals surface area contributed by atoms with Crippen LogP contribution >= 0.6 is 11.8 Å². The molecule has 0 radical (unpaired) electrons. The van der Waals surface area contributed by atoms with E-state index in [0.29, 0.717) is 12.8 Å². The molecule has 1 fully saturated rings. The molecule has 1 aromatic carbocycles. The minimum atomic E-state index is -0.619. The molecular formula is C18H24N2O4S. The van der Waals surface area contributed by atoms with Crippen LogP contribution in [0.2, 0.25) is 0 Å². The molecule has 1 aliphatic heterocycles. The van der Waals surface area contributed by atoms with Crippen LogP contribution in [0.3, 0.4) is 0 Å². The zero-order valence-corrected chi connectivity index (χ0v) is 15.4. The number of hydrogen-bond donors (Lipinski definition) is 1. The lowest BCUT2D eigenvalue weighted by atomic mass is 10.1. The van der Waals surface area contributed by atoms with Gasteiger partial charge >= 0.3 is 5.97 Å². The topological polar surface area (TPSA) is 75.7 Å². The fraction of sp³-hybridized carbons (Fsp3) is 0.500. The molecule has 1 atom stereocenters. The predicted molar refractivity (Wildman–Crippen MR) is 98.7 cm³/mol. The number of anilines is 1. The summed E-state index contributed by atoms with van der Waals surface area (Å²) < 4.78 is 4.74. The Morgan fingerprint density at radius 1 is 1.32 bits per heavy atom. The lowest BCUT2D eigenvalue weighted by molar-refractivity contribution is -0.145. The molecule has 0 spiro atoms. The van der Waals surface area contributed by atoms with Crippen LogP contribution in [0.15, 0.2) is 24.3 Å². The number of esters is 1. The summed E-state index contributed by atoms with van der Waals surface area (Å²) in [6.07, 6.45) is 4.14. The summed E-state index contributed by atoms with van der Waals surface area (Å²) in [6.45, 7) is 0.745. The van der Waals surface area contributed by atoms with Gasteiger partial charge in [0.1, 0.15) is 6.04 Å². The average Bonchev–Trinajstić information content (AvgIpc) is 3.04. The zero-order valence-electron chi connectivity index (χ0n) is 14.6. The van der Waals surface area contributed by atoms with Crippen molar-refractivity contribution in [2.75, 3.05) is 30.6 Å². The molecule has 0 bridgehead atoms. The van der Waals surface area contributed by atoms with Gasteiger partial charge in [-0.1, -0.05) is 12.1 Å². The lowest BCUT2D eigenvalue weighted by Gasteiger charge is -2.17. The average molecular weight is 364 g/mol. The van der Waals surface area contributed by atoms with Crippen LogP contribution in [0, 0.1) is 0 Å². The molecule has 0 unspecified atom stereocenters.